The van der Waals surface area contributed by atoms with Crippen LogP contribution in [0.1, 0.15) is 5.89 Å². The molecule has 2 aromatic rings. The molecular formula is C10H11N3O2. The number of nitrogens with two attached hydrogens (primary N) is 1. The number of aliphatic hydroxyl groups excluding tert-OH is 1. The number of hydrogen-bond acceptors (Lipinski definition) is 4. The van der Waals surface area contributed by atoms with Crippen LogP contribution in [-0.2, 0) is 0 Å². The quantitative estimate of drug-likeness (QED) is 0.565. The van der Waals surface area contributed by atoms with E-state index >= 15 is 0 Å². The first-order valence-electron chi connectivity index (χ1n) is 4.58. The lowest BCUT2D eigenvalue weighted by molar-refractivity contribution is 0.307. The Bertz CT molecular complexity index is 457. The van der Waals surface area contributed by atoms with Gasteiger partial charge in [-0.15, -0.1) is 0 Å². The number of benzene rings is 1. The Hall–Kier alpha value is -1.88. The summed E-state index contributed by atoms with van der Waals surface area (Å²) < 4.78 is 5.38. The highest BCUT2D eigenvalue weighted by atomic mass is 16.3. The SMILES string of the molecule is NC(=NCCO)c1nc2ccccc2o1. The third-order valence-corrected chi connectivity index (χ3v) is 1.90. The predicted octanol–water partition coefficient (Wildman–Crippen LogP) is 0.525. The van der Waals surface area contributed by atoms with Gasteiger partial charge in [0, 0.05) is 0 Å². The second-order valence-corrected chi connectivity index (χ2v) is 2.98. The summed E-state index contributed by atoms with van der Waals surface area (Å²) in [5.74, 6) is 0.505. The van der Waals surface area contributed by atoms with E-state index in [0.29, 0.717) is 11.5 Å². The number of oxazole rings is 1. The van der Waals surface area contributed by atoms with E-state index in [4.69, 9.17) is 15.3 Å². The fourth-order valence-corrected chi connectivity index (χ4v) is 1.22. The Morgan fingerprint density at radius 2 is 2.27 bits per heavy atom. The van der Waals surface area contributed by atoms with Crippen molar-refractivity contribution in [3.05, 3.63) is 30.2 Å². The molecule has 15 heavy (non-hydrogen) atoms. The first-order chi connectivity index (χ1) is 7.31. The average Bonchev–Trinajstić information content (AvgIpc) is 2.69. The molecule has 1 heterocycles. The summed E-state index contributed by atoms with van der Waals surface area (Å²) in [6, 6.07) is 7.38. The van der Waals surface area contributed by atoms with E-state index in [0.717, 1.165) is 5.52 Å². The highest BCUT2D eigenvalue weighted by Gasteiger charge is 2.07. The Kier molecular flexibility index (Phi) is 2.64. The topological polar surface area (TPSA) is 84.6 Å². The molecule has 78 valence electrons. The monoisotopic (exact) mass is 205 g/mol. The second kappa shape index (κ2) is 4.10. The zero-order valence-electron chi connectivity index (χ0n) is 8.05. The van der Waals surface area contributed by atoms with Crippen molar-refractivity contribution in [1.29, 1.82) is 0 Å². The molecule has 0 aliphatic rings. The number of para-hydroxylation sites is 2. The van der Waals surface area contributed by atoms with Gasteiger partial charge in [0.25, 0.3) is 5.89 Å². The van der Waals surface area contributed by atoms with Crippen LogP contribution in [0.4, 0.5) is 0 Å². The number of fused-ring (bicyclic) bond motifs is 1. The summed E-state index contributed by atoms with van der Waals surface area (Å²) >= 11 is 0. The van der Waals surface area contributed by atoms with Gasteiger partial charge in [-0.2, -0.15) is 0 Å². The lowest BCUT2D eigenvalue weighted by Crippen LogP contribution is -2.14. The van der Waals surface area contributed by atoms with Crippen molar-refractivity contribution >= 4 is 16.9 Å². The molecule has 3 N–H and O–H groups in total. The van der Waals surface area contributed by atoms with Gasteiger partial charge in [-0.05, 0) is 12.1 Å². The van der Waals surface area contributed by atoms with Crippen LogP contribution in [0, 0.1) is 0 Å². The molecule has 0 spiro atoms. The Morgan fingerprint density at radius 1 is 1.47 bits per heavy atom. The molecule has 2 rings (SSSR count). The van der Waals surface area contributed by atoms with Gasteiger partial charge in [0.05, 0.1) is 13.2 Å². The van der Waals surface area contributed by atoms with Crippen LogP contribution >= 0.6 is 0 Å². The van der Waals surface area contributed by atoms with Gasteiger partial charge in [-0.25, -0.2) is 4.98 Å². The predicted molar refractivity (Wildman–Crippen MR) is 56.7 cm³/mol. The molecule has 1 aromatic carbocycles. The number of amidine groups is 1. The van der Waals surface area contributed by atoms with Crippen LogP contribution in [0.15, 0.2) is 33.7 Å². The van der Waals surface area contributed by atoms with Crippen molar-refractivity contribution in [3.63, 3.8) is 0 Å². The minimum Gasteiger partial charge on any atom is -0.434 e. The van der Waals surface area contributed by atoms with E-state index in [9.17, 15) is 0 Å². The zero-order valence-corrected chi connectivity index (χ0v) is 8.05. The van der Waals surface area contributed by atoms with E-state index in [2.05, 4.69) is 9.98 Å². The highest BCUT2D eigenvalue weighted by Crippen LogP contribution is 2.14. The van der Waals surface area contributed by atoms with Gasteiger partial charge in [0.2, 0.25) is 0 Å². The lowest BCUT2D eigenvalue weighted by Gasteiger charge is -1.92. The molecule has 0 fully saturated rings. The van der Waals surface area contributed by atoms with Crippen molar-refractivity contribution in [1.82, 2.24) is 4.98 Å². The van der Waals surface area contributed by atoms with Crippen molar-refractivity contribution in [3.8, 4) is 0 Å². The normalized spacial score (nSPS) is 12.2. The van der Waals surface area contributed by atoms with Crippen molar-refractivity contribution in [2.24, 2.45) is 10.7 Å². The molecule has 0 atom stereocenters. The van der Waals surface area contributed by atoms with E-state index in [1.807, 2.05) is 24.3 Å². The minimum absolute atomic E-state index is 0.0407. The largest absolute Gasteiger partial charge is 0.434 e. The Labute approximate surface area is 86.3 Å². The molecular weight excluding hydrogens is 194 g/mol. The van der Waals surface area contributed by atoms with E-state index < -0.39 is 0 Å². The fourth-order valence-electron chi connectivity index (χ4n) is 1.22. The number of aromatic nitrogens is 1. The Morgan fingerprint density at radius 3 is 3.00 bits per heavy atom. The summed E-state index contributed by atoms with van der Waals surface area (Å²) in [6.07, 6.45) is 0. The standard InChI is InChI=1S/C10H11N3O2/c11-9(12-5-6-14)10-13-7-3-1-2-4-8(7)15-10/h1-4,14H,5-6H2,(H2,11,12). The van der Waals surface area contributed by atoms with Crippen LogP contribution in [0.3, 0.4) is 0 Å². The lowest BCUT2D eigenvalue weighted by atomic mass is 10.3. The Balaban J connectivity index is 2.36. The number of nitrogens with zero attached hydrogens (tertiary/aromatic N) is 2. The summed E-state index contributed by atoms with van der Waals surface area (Å²) in [4.78, 5) is 8.06. The summed E-state index contributed by atoms with van der Waals surface area (Å²) in [7, 11) is 0. The maximum absolute atomic E-state index is 8.59. The van der Waals surface area contributed by atoms with Gasteiger partial charge in [-0.1, -0.05) is 12.1 Å². The van der Waals surface area contributed by atoms with Gasteiger partial charge in [0.1, 0.15) is 5.52 Å². The van der Waals surface area contributed by atoms with Crippen LogP contribution in [0.25, 0.3) is 11.1 Å². The molecule has 0 aliphatic heterocycles. The number of aliphatic hydroxyl groups is 1. The molecule has 5 heteroatoms. The van der Waals surface area contributed by atoms with Crippen LogP contribution in [-0.4, -0.2) is 29.1 Å². The van der Waals surface area contributed by atoms with Gasteiger partial charge in [-0.3, -0.25) is 4.99 Å². The molecule has 1 aromatic heterocycles. The van der Waals surface area contributed by atoms with E-state index in [-0.39, 0.29) is 19.0 Å². The number of aliphatic imine (C=N–C) groups is 1. The fraction of sp³-hybridized carbons (Fsp3) is 0.200. The molecule has 0 saturated carbocycles. The summed E-state index contributed by atoms with van der Waals surface area (Å²) in [5, 5.41) is 8.59. The van der Waals surface area contributed by atoms with Crippen molar-refractivity contribution in [2.75, 3.05) is 13.2 Å². The molecule has 0 amide bonds. The zero-order chi connectivity index (χ0) is 10.7. The third-order valence-electron chi connectivity index (χ3n) is 1.90. The third kappa shape index (κ3) is 1.97. The average molecular weight is 205 g/mol. The van der Waals surface area contributed by atoms with Crippen LogP contribution in [0.5, 0.6) is 0 Å². The second-order valence-electron chi connectivity index (χ2n) is 2.98. The van der Waals surface area contributed by atoms with Crippen LogP contribution in [0.2, 0.25) is 0 Å². The van der Waals surface area contributed by atoms with Gasteiger partial charge < -0.3 is 15.3 Å². The molecule has 0 unspecified atom stereocenters. The molecule has 0 radical (unpaired) electrons. The first-order valence-corrected chi connectivity index (χ1v) is 4.58. The molecule has 0 saturated heterocycles. The first kappa shape index (κ1) is 9.67. The molecule has 5 nitrogen and oxygen atoms in total. The molecule has 0 aliphatic carbocycles. The maximum Gasteiger partial charge on any atom is 0.263 e. The molecule has 0 bridgehead atoms. The highest BCUT2D eigenvalue weighted by molar-refractivity contribution is 5.95. The van der Waals surface area contributed by atoms with Crippen molar-refractivity contribution < 1.29 is 9.52 Å². The number of rotatable bonds is 3. The smallest absolute Gasteiger partial charge is 0.263 e. The van der Waals surface area contributed by atoms with Gasteiger partial charge in [0.15, 0.2) is 11.4 Å². The summed E-state index contributed by atoms with van der Waals surface area (Å²) in [6.45, 7) is 0.214. The minimum atomic E-state index is -0.0407. The van der Waals surface area contributed by atoms with Crippen molar-refractivity contribution in [2.45, 2.75) is 0 Å². The van der Waals surface area contributed by atoms with Crippen LogP contribution < -0.4 is 5.73 Å². The maximum atomic E-state index is 8.59. The van der Waals surface area contributed by atoms with E-state index in [1.165, 1.54) is 0 Å². The number of hydrogen-bond donors (Lipinski definition) is 2. The summed E-state index contributed by atoms with van der Waals surface area (Å²) in [5.41, 5.74) is 7.05. The van der Waals surface area contributed by atoms with E-state index in [1.54, 1.807) is 0 Å². The van der Waals surface area contributed by atoms with Gasteiger partial charge >= 0.3 is 0 Å².